The molecule has 1 aliphatic carbocycles. The van der Waals surface area contributed by atoms with Crippen LogP contribution in [0.5, 0.6) is 0 Å². The molecule has 0 radical (unpaired) electrons. The number of nitrogens with zero attached hydrogens (tertiary/aromatic N) is 1. The lowest BCUT2D eigenvalue weighted by molar-refractivity contribution is 0.403. The third-order valence-corrected chi connectivity index (χ3v) is 5.44. The van der Waals surface area contributed by atoms with E-state index in [4.69, 9.17) is 5.10 Å². The lowest BCUT2D eigenvalue weighted by Crippen LogP contribution is -2.16. The molecular weight excluding hydrogens is 280 g/mol. The molecule has 23 heavy (non-hydrogen) atoms. The fourth-order valence-corrected chi connectivity index (χ4v) is 4.09. The smallest absolute Gasteiger partial charge is 0.0958 e. The number of H-pyrrole nitrogens is 1. The highest BCUT2D eigenvalue weighted by Crippen LogP contribution is 2.45. The molecule has 0 fully saturated rings. The largest absolute Gasteiger partial charge is 0.281 e. The third-order valence-electron chi connectivity index (χ3n) is 5.44. The number of nitrogens with one attached hydrogen (secondary N) is 1. The summed E-state index contributed by atoms with van der Waals surface area (Å²) in [6, 6.07) is 15.2. The van der Waals surface area contributed by atoms with Gasteiger partial charge in [-0.1, -0.05) is 57.2 Å². The zero-order valence-corrected chi connectivity index (χ0v) is 14.1. The molecule has 4 rings (SSSR count). The molecule has 0 saturated heterocycles. The predicted molar refractivity (Wildman–Crippen MR) is 96.8 cm³/mol. The predicted octanol–water partition coefficient (Wildman–Crippen LogP) is 5.87. The van der Waals surface area contributed by atoms with Gasteiger partial charge in [0.15, 0.2) is 0 Å². The lowest BCUT2D eigenvalue weighted by atomic mass is 9.75. The molecular formula is C21H24N2. The molecule has 0 spiro atoms. The first-order valence-corrected chi connectivity index (χ1v) is 8.72. The summed E-state index contributed by atoms with van der Waals surface area (Å²) in [6.07, 6.45) is 2.53. The highest BCUT2D eigenvalue weighted by molar-refractivity contribution is 5.87. The number of hydrogen-bond donors (Lipinski definition) is 1. The number of aromatic amines is 1. The van der Waals surface area contributed by atoms with Crippen LogP contribution in [0.1, 0.15) is 56.7 Å². The maximum absolute atomic E-state index is 4.73. The standard InChI is InChI=1S/C21H24N2/c1-13(2)18-11-8-14(3)19-20(22-23-21(18)19)17-10-9-15-6-4-5-7-16(15)12-17/h4-7,9-10,12-14,18H,8,11H2,1-3H3,(H,22,23)/t14-,18-/m1/s1. The first-order valence-electron chi connectivity index (χ1n) is 8.72. The van der Waals surface area contributed by atoms with Crippen LogP contribution in [0.25, 0.3) is 22.0 Å². The van der Waals surface area contributed by atoms with Crippen molar-refractivity contribution in [2.45, 2.75) is 45.4 Å². The molecule has 0 unspecified atom stereocenters. The van der Waals surface area contributed by atoms with Crippen LogP contribution in [0.2, 0.25) is 0 Å². The first-order chi connectivity index (χ1) is 11.1. The number of rotatable bonds is 2. The van der Waals surface area contributed by atoms with Crippen molar-refractivity contribution >= 4 is 10.8 Å². The first kappa shape index (κ1) is 14.5. The Morgan fingerprint density at radius 2 is 1.83 bits per heavy atom. The van der Waals surface area contributed by atoms with Crippen LogP contribution in [-0.4, -0.2) is 10.2 Å². The van der Waals surface area contributed by atoms with Crippen LogP contribution >= 0.6 is 0 Å². The Hall–Kier alpha value is -2.09. The Morgan fingerprint density at radius 3 is 2.61 bits per heavy atom. The fraction of sp³-hybridized carbons (Fsp3) is 0.381. The van der Waals surface area contributed by atoms with Crippen LogP contribution in [0.3, 0.4) is 0 Å². The average molecular weight is 304 g/mol. The molecule has 1 aromatic heterocycles. The Balaban J connectivity index is 1.86. The Kier molecular flexibility index (Phi) is 3.48. The number of aromatic nitrogens is 2. The lowest BCUT2D eigenvalue weighted by Gasteiger charge is -2.29. The molecule has 1 aliphatic rings. The summed E-state index contributed by atoms with van der Waals surface area (Å²) in [5.41, 5.74) is 5.22. The summed E-state index contributed by atoms with van der Waals surface area (Å²) in [6.45, 7) is 6.98. The van der Waals surface area contributed by atoms with E-state index in [1.165, 1.54) is 40.4 Å². The highest BCUT2D eigenvalue weighted by atomic mass is 15.1. The summed E-state index contributed by atoms with van der Waals surface area (Å²) in [5, 5.41) is 10.7. The van der Waals surface area contributed by atoms with E-state index in [-0.39, 0.29) is 0 Å². The van der Waals surface area contributed by atoms with Gasteiger partial charge < -0.3 is 0 Å². The Bertz CT molecular complexity index is 844. The Morgan fingerprint density at radius 1 is 1.04 bits per heavy atom. The molecule has 0 saturated carbocycles. The summed E-state index contributed by atoms with van der Waals surface area (Å²) < 4.78 is 0. The van der Waals surface area contributed by atoms with Crippen LogP contribution in [0.15, 0.2) is 42.5 Å². The van der Waals surface area contributed by atoms with Crippen molar-refractivity contribution in [2.75, 3.05) is 0 Å². The van der Waals surface area contributed by atoms with E-state index in [1.807, 2.05) is 0 Å². The topological polar surface area (TPSA) is 28.7 Å². The van der Waals surface area contributed by atoms with E-state index >= 15 is 0 Å². The molecule has 0 amide bonds. The highest BCUT2D eigenvalue weighted by Gasteiger charge is 2.31. The van der Waals surface area contributed by atoms with E-state index in [1.54, 1.807) is 0 Å². The molecule has 1 heterocycles. The van der Waals surface area contributed by atoms with Crippen molar-refractivity contribution < 1.29 is 0 Å². The van der Waals surface area contributed by atoms with Crippen molar-refractivity contribution in [3.05, 3.63) is 53.7 Å². The van der Waals surface area contributed by atoms with Gasteiger partial charge >= 0.3 is 0 Å². The summed E-state index contributed by atoms with van der Waals surface area (Å²) in [7, 11) is 0. The van der Waals surface area contributed by atoms with Crippen molar-refractivity contribution in [3.8, 4) is 11.3 Å². The molecule has 3 aromatic rings. The van der Waals surface area contributed by atoms with E-state index in [0.717, 1.165) is 5.69 Å². The normalized spacial score (nSPS) is 20.9. The second kappa shape index (κ2) is 5.52. The second-order valence-corrected chi connectivity index (χ2v) is 7.29. The van der Waals surface area contributed by atoms with Gasteiger partial charge in [-0.25, -0.2) is 0 Å². The van der Waals surface area contributed by atoms with Gasteiger partial charge in [-0.3, -0.25) is 5.10 Å². The molecule has 1 N–H and O–H groups in total. The van der Waals surface area contributed by atoms with Gasteiger partial charge in [0, 0.05) is 22.7 Å². The molecule has 0 aliphatic heterocycles. The Labute approximate surface area is 137 Å². The summed E-state index contributed by atoms with van der Waals surface area (Å²) in [4.78, 5) is 0. The van der Waals surface area contributed by atoms with Crippen LogP contribution in [-0.2, 0) is 0 Å². The van der Waals surface area contributed by atoms with E-state index in [0.29, 0.717) is 17.8 Å². The minimum absolute atomic E-state index is 0.584. The third kappa shape index (κ3) is 2.37. The van der Waals surface area contributed by atoms with Crippen molar-refractivity contribution in [1.29, 1.82) is 0 Å². The van der Waals surface area contributed by atoms with Gasteiger partial charge in [-0.15, -0.1) is 0 Å². The maximum atomic E-state index is 4.73. The van der Waals surface area contributed by atoms with Crippen LogP contribution < -0.4 is 0 Å². The molecule has 2 aromatic carbocycles. The number of fused-ring (bicyclic) bond motifs is 2. The molecule has 0 bridgehead atoms. The van der Waals surface area contributed by atoms with Crippen molar-refractivity contribution in [1.82, 2.24) is 10.2 Å². The minimum atomic E-state index is 0.584. The van der Waals surface area contributed by atoms with E-state index < -0.39 is 0 Å². The molecule has 2 nitrogen and oxygen atoms in total. The van der Waals surface area contributed by atoms with Gasteiger partial charge in [0.05, 0.1) is 5.69 Å². The quantitative estimate of drug-likeness (QED) is 0.630. The van der Waals surface area contributed by atoms with E-state index in [2.05, 4.69) is 68.3 Å². The SMILES string of the molecule is CC(C)[C@H]1CC[C@@H](C)c2c(-c3ccc4ccccc4c3)n[nH]c21. The summed E-state index contributed by atoms with van der Waals surface area (Å²) in [5.74, 6) is 1.86. The van der Waals surface area contributed by atoms with Crippen molar-refractivity contribution in [2.24, 2.45) is 5.92 Å². The van der Waals surface area contributed by atoms with Crippen LogP contribution in [0, 0.1) is 5.92 Å². The van der Waals surface area contributed by atoms with Gasteiger partial charge in [0.25, 0.3) is 0 Å². The van der Waals surface area contributed by atoms with Crippen LogP contribution in [0.4, 0.5) is 0 Å². The van der Waals surface area contributed by atoms with Gasteiger partial charge in [0.2, 0.25) is 0 Å². The molecule has 118 valence electrons. The maximum Gasteiger partial charge on any atom is 0.0958 e. The number of benzene rings is 2. The van der Waals surface area contributed by atoms with E-state index in [9.17, 15) is 0 Å². The monoisotopic (exact) mass is 304 g/mol. The van der Waals surface area contributed by atoms with Gasteiger partial charge in [-0.05, 0) is 41.5 Å². The number of hydrogen-bond acceptors (Lipinski definition) is 1. The zero-order chi connectivity index (χ0) is 16.0. The average Bonchev–Trinajstić information content (AvgIpc) is 3.00. The van der Waals surface area contributed by atoms with Gasteiger partial charge in [-0.2, -0.15) is 5.10 Å². The minimum Gasteiger partial charge on any atom is -0.281 e. The summed E-state index contributed by atoms with van der Waals surface area (Å²) >= 11 is 0. The van der Waals surface area contributed by atoms with Gasteiger partial charge in [0.1, 0.15) is 0 Å². The van der Waals surface area contributed by atoms with Crippen molar-refractivity contribution in [3.63, 3.8) is 0 Å². The molecule has 2 heteroatoms. The zero-order valence-electron chi connectivity index (χ0n) is 14.1. The fourth-order valence-electron chi connectivity index (χ4n) is 4.09. The molecule has 2 atom stereocenters. The second-order valence-electron chi connectivity index (χ2n) is 7.29.